The number of allylic oxidation sites excluding steroid dienone is 1. The first-order chi connectivity index (χ1) is 33.7. The maximum absolute atomic E-state index is 13.2. The Kier molecular flexibility index (Phi) is 31.4. The second-order valence-electron chi connectivity index (χ2n) is 19.4. The molecular weight excluding hydrogens is 917 g/mol. The Hall–Kier alpha value is -1.96. The minimum atomic E-state index is -1.98. The number of aliphatic hydroxyl groups is 10. The number of amides is 2. The molecule has 0 aromatic rings. The van der Waals surface area contributed by atoms with E-state index < -0.39 is 130 Å². The van der Waals surface area contributed by atoms with Crippen molar-refractivity contribution in [2.45, 2.75) is 266 Å². The molecule has 3 fully saturated rings. The Labute approximate surface area is 415 Å². The maximum atomic E-state index is 13.2. The van der Waals surface area contributed by atoms with E-state index in [4.69, 9.17) is 28.4 Å². The highest BCUT2D eigenvalue weighted by Crippen LogP contribution is 2.33. The normalized spacial score (nSPS) is 32.5. The van der Waals surface area contributed by atoms with Crippen LogP contribution in [0.25, 0.3) is 0 Å². The summed E-state index contributed by atoms with van der Waals surface area (Å²) in [6.07, 6.45) is 2.84. The van der Waals surface area contributed by atoms with Crippen LogP contribution in [0.15, 0.2) is 12.2 Å². The van der Waals surface area contributed by atoms with E-state index in [1.165, 1.54) is 83.5 Å². The monoisotopic (exact) mass is 1010 g/mol. The number of hydrogen-bond acceptors (Lipinski definition) is 18. The number of hydrogen-bond donors (Lipinski definition) is 12. The van der Waals surface area contributed by atoms with Gasteiger partial charge in [0.2, 0.25) is 11.8 Å². The Morgan fingerprint density at radius 2 is 1.00 bits per heavy atom. The molecule has 2 amide bonds. The fourth-order valence-electron chi connectivity index (χ4n) is 9.18. The molecule has 70 heavy (non-hydrogen) atoms. The molecule has 12 N–H and O–H groups in total. The highest BCUT2D eigenvalue weighted by Gasteiger charge is 2.54. The van der Waals surface area contributed by atoms with Crippen LogP contribution in [0.2, 0.25) is 0 Å². The average Bonchev–Trinajstić information content (AvgIpc) is 3.34. The van der Waals surface area contributed by atoms with Gasteiger partial charge >= 0.3 is 0 Å². The van der Waals surface area contributed by atoms with Gasteiger partial charge in [-0.05, 0) is 19.3 Å². The summed E-state index contributed by atoms with van der Waals surface area (Å²) in [5.74, 6) is -0.931. The van der Waals surface area contributed by atoms with Crippen molar-refractivity contribution in [1.82, 2.24) is 10.6 Å². The smallest absolute Gasteiger partial charge is 0.220 e. The number of carbonyl (C=O) groups is 2. The molecule has 3 aliphatic heterocycles. The predicted octanol–water partition coefficient (Wildman–Crippen LogP) is 1.62. The van der Waals surface area contributed by atoms with Gasteiger partial charge in [0.05, 0.1) is 38.6 Å². The summed E-state index contributed by atoms with van der Waals surface area (Å²) in [5.41, 5.74) is 0. The van der Waals surface area contributed by atoms with Gasteiger partial charge in [-0.1, -0.05) is 142 Å². The quantitative estimate of drug-likeness (QED) is 0.0313. The maximum Gasteiger partial charge on any atom is 0.220 e. The van der Waals surface area contributed by atoms with Gasteiger partial charge in [-0.3, -0.25) is 9.59 Å². The third kappa shape index (κ3) is 21.1. The van der Waals surface area contributed by atoms with Crippen molar-refractivity contribution in [3.63, 3.8) is 0 Å². The summed E-state index contributed by atoms with van der Waals surface area (Å²) in [7, 11) is 0. The highest BCUT2D eigenvalue weighted by molar-refractivity contribution is 5.76. The molecule has 0 bridgehead atoms. The number of ether oxygens (including phenoxy) is 6. The minimum absolute atomic E-state index is 0.242. The Balaban J connectivity index is 1.61. The zero-order valence-electron chi connectivity index (χ0n) is 42.1. The van der Waals surface area contributed by atoms with Gasteiger partial charge in [0, 0.05) is 13.3 Å². The van der Waals surface area contributed by atoms with Crippen LogP contribution in [0.1, 0.15) is 162 Å². The summed E-state index contributed by atoms with van der Waals surface area (Å²) in [5, 5.41) is 113. The molecule has 17 atom stereocenters. The van der Waals surface area contributed by atoms with Crippen molar-refractivity contribution >= 4 is 11.8 Å². The van der Waals surface area contributed by atoms with Gasteiger partial charge in [-0.25, -0.2) is 0 Å². The number of carbonyl (C=O) groups excluding carboxylic acids is 2. The van der Waals surface area contributed by atoms with Crippen LogP contribution in [0, 0.1) is 0 Å². The van der Waals surface area contributed by atoms with Gasteiger partial charge in [-0.2, -0.15) is 0 Å². The van der Waals surface area contributed by atoms with Crippen molar-refractivity contribution in [3.8, 4) is 0 Å². The van der Waals surface area contributed by atoms with Crippen LogP contribution in [-0.4, -0.2) is 194 Å². The van der Waals surface area contributed by atoms with E-state index in [-0.39, 0.29) is 18.9 Å². The summed E-state index contributed by atoms with van der Waals surface area (Å²) >= 11 is 0. The summed E-state index contributed by atoms with van der Waals surface area (Å²) < 4.78 is 34.7. The Morgan fingerprint density at radius 1 is 0.557 bits per heavy atom. The molecule has 0 aromatic carbocycles. The van der Waals surface area contributed by atoms with Crippen LogP contribution in [-0.2, 0) is 38.0 Å². The van der Waals surface area contributed by atoms with Crippen molar-refractivity contribution < 1.29 is 89.1 Å². The molecule has 20 nitrogen and oxygen atoms in total. The van der Waals surface area contributed by atoms with Crippen LogP contribution >= 0.6 is 0 Å². The molecule has 0 spiro atoms. The topological polar surface area (TPSA) is 316 Å². The molecule has 410 valence electrons. The van der Waals surface area contributed by atoms with Crippen LogP contribution in [0.5, 0.6) is 0 Å². The first-order valence-corrected chi connectivity index (χ1v) is 26.4. The zero-order chi connectivity index (χ0) is 51.4. The molecule has 3 aliphatic rings. The molecule has 3 rings (SSSR count). The number of unbranched alkanes of at least 4 members (excludes halogenated alkanes) is 19. The summed E-state index contributed by atoms with van der Waals surface area (Å²) in [4.78, 5) is 25.1. The molecule has 3 saturated heterocycles. The summed E-state index contributed by atoms with van der Waals surface area (Å²) in [6.45, 7) is 2.76. The second-order valence-corrected chi connectivity index (χ2v) is 19.4. The Morgan fingerprint density at radius 3 is 1.50 bits per heavy atom. The van der Waals surface area contributed by atoms with E-state index in [1.807, 2.05) is 6.08 Å². The molecule has 0 aromatic heterocycles. The Bertz CT molecular complexity index is 1410. The van der Waals surface area contributed by atoms with Gasteiger partial charge in [0.15, 0.2) is 18.9 Å². The lowest BCUT2D eigenvalue weighted by molar-refractivity contribution is -0.374. The first-order valence-electron chi connectivity index (χ1n) is 26.4. The van der Waals surface area contributed by atoms with Crippen molar-refractivity contribution in [1.29, 1.82) is 0 Å². The zero-order valence-corrected chi connectivity index (χ0v) is 42.1. The van der Waals surface area contributed by atoms with Gasteiger partial charge in [0.1, 0.15) is 73.2 Å². The molecule has 0 aliphatic carbocycles. The standard InChI is InChI=1S/C50H92N2O18/c1-4-6-8-10-12-14-15-16-17-19-20-22-24-26-34(57)33(52-38(58)27-25-23-21-18-13-11-9-7-5-2)31-65-49-44(63)42(61)47(36(29-54)67-49)70-50-45(64)43(62)46(37(30-55)68-50)69-48-39(51-32(3)56)41(60)40(59)35(28-53)66-48/h24,26,33-37,39-50,53-55,57,59-64H,4-23,25,27-31H2,1-3H3,(H,51,56)(H,52,58)/b26-24+/t33-,34+,35+,36+,37+,39+,40-,41+,42+,43+,44?,45+,46-,47+,48-,49+,50-/m0/s1. The third-order valence-electron chi connectivity index (χ3n) is 13.5. The molecule has 0 saturated carbocycles. The summed E-state index contributed by atoms with van der Waals surface area (Å²) in [6, 6.07) is -2.40. The fraction of sp³-hybridized carbons (Fsp3) is 0.920. The lowest BCUT2D eigenvalue weighted by Crippen LogP contribution is -2.68. The van der Waals surface area contributed by atoms with Gasteiger partial charge in [-0.15, -0.1) is 0 Å². The van der Waals surface area contributed by atoms with E-state index in [1.54, 1.807) is 6.08 Å². The van der Waals surface area contributed by atoms with E-state index in [0.717, 1.165) is 51.9 Å². The highest BCUT2D eigenvalue weighted by atomic mass is 16.8. The fourth-order valence-corrected chi connectivity index (χ4v) is 9.18. The van der Waals surface area contributed by atoms with Crippen LogP contribution in [0.3, 0.4) is 0 Å². The van der Waals surface area contributed by atoms with Gasteiger partial charge < -0.3 is 90.1 Å². The molecule has 0 radical (unpaired) electrons. The lowest BCUT2D eigenvalue weighted by Gasteiger charge is -2.48. The number of nitrogens with one attached hydrogen (secondary N) is 2. The second kappa shape index (κ2) is 35.3. The molecule has 3 heterocycles. The minimum Gasteiger partial charge on any atom is -0.394 e. The lowest BCUT2D eigenvalue weighted by atomic mass is 9.95. The number of rotatable bonds is 36. The molecule has 1 unspecified atom stereocenters. The SMILES string of the molecule is CCCCCCCCCCCCC/C=C/[C@@H](O)[C@H](CO[C@@H]1O[C@H](CO)[C@@H](O[C@@H]2O[C@H](CO)[C@H](O[C@@H]3O[C@H](CO)[C@H](O)[C@H](O)[C@H]3NC(C)=O)[C@H](O)[C@H]2O)[C@H](O)C1O)NC(=O)CCCCCCCCCCC. The van der Waals surface area contributed by atoms with Crippen LogP contribution < -0.4 is 10.6 Å². The first kappa shape index (κ1) is 62.3. The van der Waals surface area contributed by atoms with Crippen molar-refractivity contribution in [2.75, 3.05) is 26.4 Å². The van der Waals surface area contributed by atoms with E-state index in [2.05, 4.69) is 24.5 Å². The van der Waals surface area contributed by atoms with E-state index in [9.17, 15) is 60.7 Å². The van der Waals surface area contributed by atoms with Crippen molar-refractivity contribution in [3.05, 3.63) is 12.2 Å². The average molecular weight is 1010 g/mol. The third-order valence-corrected chi connectivity index (χ3v) is 13.5. The number of aliphatic hydroxyl groups excluding tert-OH is 10. The molecule has 20 heteroatoms. The van der Waals surface area contributed by atoms with Gasteiger partial charge in [0.25, 0.3) is 0 Å². The molecular formula is C50H92N2O18. The largest absolute Gasteiger partial charge is 0.394 e. The predicted molar refractivity (Wildman–Crippen MR) is 257 cm³/mol. The van der Waals surface area contributed by atoms with Crippen LogP contribution in [0.4, 0.5) is 0 Å². The van der Waals surface area contributed by atoms with E-state index >= 15 is 0 Å². The van der Waals surface area contributed by atoms with E-state index in [0.29, 0.717) is 6.42 Å². The van der Waals surface area contributed by atoms with Crippen molar-refractivity contribution in [2.24, 2.45) is 0 Å².